The first-order valence-corrected chi connectivity index (χ1v) is 4.55. The van der Waals surface area contributed by atoms with E-state index in [0.29, 0.717) is 0 Å². The van der Waals surface area contributed by atoms with Crippen molar-refractivity contribution >= 4 is 5.97 Å². The molecule has 14 heavy (non-hydrogen) atoms. The monoisotopic (exact) mass is 197 g/mol. The molecule has 0 saturated heterocycles. The fourth-order valence-corrected chi connectivity index (χ4v) is 1.13. The second kappa shape index (κ2) is 5.44. The van der Waals surface area contributed by atoms with E-state index in [4.69, 9.17) is 4.42 Å². The summed E-state index contributed by atoms with van der Waals surface area (Å²) in [4.78, 5) is 10.8. The molecule has 0 aromatic carbocycles. The molecule has 1 rings (SSSR count). The summed E-state index contributed by atoms with van der Waals surface area (Å²) in [5.74, 6) is 0.658. The number of furan rings is 1. The molecular formula is C10H15NO3. The van der Waals surface area contributed by atoms with E-state index < -0.39 is 0 Å². The predicted octanol–water partition coefficient (Wildman–Crippen LogP) is 0.973. The number of esters is 1. The van der Waals surface area contributed by atoms with Gasteiger partial charge in [0.25, 0.3) is 0 Å². The third kappa shape index (κ3) is 3.62. The lowest BCUT2D eigenvalue weighted by Crippen LogP contribution is -2.33. The Morgan fingerprint density at radius 2 is 2.50 bits per heavy atom. The van der Waals surface area contributed by atoms with E-state index in [1.807, 2.05) is 19.1 Å². The van der Waals surface area contributed by atoms with Gasteiger partial charge in [0.2, 0.25) is 0 Å². The normalized spacial score (nSPS) is 12.4. The largest absolute Gasteiger partial charge is 0.469 e. The molecule has 0 radical (unpaired) electrons. The molecule has 0 amide bonds. The summed E-state index contributed by atoms with van der Waals surface area (Å²) in [6.07, 6.45) is 2.41. The lowest BCUT2D eigenvalue weighted by atomic mass is 10.2. The van der Waals surface area contributed by atoms with Crippen molar-refractivity contribution in [2.24, 2.45) is 0 Å². The van der Waals surface area contributed by atoms with Gasteiger partial charge in [-0.1, -0.05) is 0 Å². The van der Waals surface area contributed by atoms with Crippen LogP contribution in [0.1, 0.15) is 12.7 Å². The predicted molar refractivity (Wildman–Crippen MR) is 51.9 cm³/mol. The fraction of sp³-hybridized carbons (Fsp3) is 0.500. The van der Waals surface area contributed by atoms with E-state index >= 15 is 0 Å². The zero-order chi connectivity index (χ0) is 10.4. The molecule has 1 aromatic rings. The summed E-state index contributed by atoms with van der Waals surface area (Å²) in [6.45, 7) is 2.23. The van der Waals surface area contributed by atoms with Gasteiger partial charge in [-0.05, 0) is 19.1 Å². The van der Waals surface area contributed by atoms with Crippen LogP contribution in [-0.4, -0.2) is 25.7 Å². The van der Waals surface area contributed by atoms with E-state index in [1.54, 1.807) is 6.26 Å². The summed E-state index contributed by atoms with van der Waals surface area (Å²) in [6, 6.07) is 3.96. The first kappa shape index (κ1) is 10.8. The van der Waals surface area contributed by atoms with Gasteiger partial charge in [-0.25, -0.2) is 0 Å². The van der Waals surface area contributed by atoms with Crippen LogP contribution in [0, 0.1) is 0 Å². The molecule has 4 heteroatoms. The second-order valence-electron chi connectivity index (χ2n) is 3.14. The Labute approximate surface area is 83.2 Å². The van der Waals surface area contributed by atoms with Crippen molar-refractivity contribution in [2.45, 2.75) is 19.4 Å². The van der Waals surface area contributed by atoms with Crippen LogP contribution in [-0.2, 0) is 16.0 Å². The van der Waals surface area contributed by atoms with Gasteiger partial charge in [0.1, 0.15) is 5.76 Å². The van der Waals surface area contributed by atoms with Gasteiger partial charge in [-0.2, -0.15) is 0 Å². The molecule has 1 aromatic heterocycles. The molecule has 1 N–H and O–H groups in total. The zero-order valence-corrected chi connectivity index (χ0v) is 8.45. The molecule has 0 spiro atoms. The number of rotatable bonds is 5. The third-order valence-electron chi connectivity index (χ3n) is 1.91. The quantitative estimate of drug-likeness (QED) is 0.715. The highest BCUT2D eigenvalue weighted by molar-refractivity contribution is 5.71. The minimum atomic E-state index is -0.253. The average molecular weight is 197 g/mol. The van der Waals surface area contributed by atoms with Crippen molar-refractivity contribution in [3.8, 4) is 0 Å². The third-order valence-corrected chi connectivity index (χ3v) is 1.91. The molecule has 4 nitrogen and oxygen atoms in total. The molecular weight excluding hydrogens is 182 g/mol. The maximum atomic E-state index is 10.8. The van der Waals surface area contributed by atoms with Gasteiger partial charge >= 0.3 is 5.97 Å². The van der Waals surface area contributed by atoms with Crippen LogP contribution in [0.3, 0.4) is 0 Å². The van der Waals surface area contributed by atoms with Gasteiger partial charge in [0.05, 0.1) is 19.9 Å². The van der Waals surface area contributed by atoms with Crippen LogP contribution in [0.5, 0.6) is 0 Å². The Morgan fingerprint density at radius 3 is 3.07 bits per heavy atom. The Balaban J connectivity index is 2.22. The number of hydrogen-bond donors (Lipinski definition) is 1. The molecule has 1 atom stereocenters. The first-order chi connectivity index (χ1) is 6.72. The molecule has 0 saturated carbocycles. The number of hydrogen-bond acceptors (Lipinski definition) is 4. The lowest BCUT2D eigenvalue weighted by molar-refractivity contribution is -0.139. The van der Waals surface area contributed by atoms with Gasteiger partial charge < -0.3 is 14.5 Å². The molecule has 0 bridgehead atoms. The van der Waals surface area contributed by atoms with Gasteiger partial charge in [-0.3, -0.25) is 4.79 Å². The van der Waals surface area contributed by atoms with Gasteiger partial charge in [-0.15, -0.1) is 0 Å². The van der Waals surface area contributed by atoms with Crippen molar-refractivity contribution in [3.05, 3.63) is 24.2 Å². The van der Waals surface area contributed by atoms with Crippen LogP contribution >= 0.6 is 0 Å². The minimum Gasteiger partial charge on any atom is -0.469 e. The zero-order valence-electron chi connectivity index (χ0n) is 8.45. The van der Waals surface area contributed by atoms with Crippen LogP contribution in [0.25, 0.3) is 0 Å². The Hall–Kier alpha value is -1.29. The van der Waals surface area contributed by atoms with E-state index in [-0.39, 0.29) is 18.6 Å². The van der Waals surface area contributed by atoms with Crippen molar-refractivity contribution < 1.29 is 13.9 Å². The maximum absolute atomic E-state index is 10.8. The topological polar surface area (TPSA) is 51.5 Å². The number of nitrogens with one attached hydrogen (secondary N) is 1. The van der Waals surface area contributed by atoms with E-state index in [2.05, 4.69) is 10.1 Å². The highest BCUT2D eigenvalue weighted by atomic mass is 16.5. The summed E-state index contributed by atoms with van der Waals surface area (Å²) < 4.78 is 9.69. The van der Waals surface area contributed by atoms with E-state index in [0.717, 1.165) is 12.2 Å². The maximum Gasteiger partial charge on any atom is 0.319 e. The van der Waals surface area contributed by atoms with E-state index in [1.165, 1.54) is 7.11 Å². The minimum absolute atomic E-state index is 0.195. The standard InChI is InChI=1S/C10H15NO3/c1-8(11-7-10(12)13-2)6-9-4-3-5-14-9/h3-5,8,11H,6-7H2,1-2H3. The molecule has 0 aliphatic heterocycles. The Kier molecular flexibility index (Phi) is 4.19. The van der Waals surface area contributed by atoms with Crippen molar-refractivity contribution in [1.82, 2.24) is 5.32 Å². The van der Waals surface area contributed by atoms with Crippen LogP contribution in [0.2, 0.25) is 0 Å². The van der Waals surface area contributed by atoms with Crippen molar-refractivity contribution in [2.75, 3.05) is 13.7 Å². The van der Waals surface area contributed by atoms with Crippen LogP contribution in [0.15, 0.2) is 22.8 Å². The number of carbonyl (C=O) groups excluding carboxylic acids is 1. The Bertz CT molecular complexity index is 269. The number of ether oxygens (including phenoxy) is 1. The fourth-order valence-electron chi connectivity index (χ4n) is 1.13. The summed E-state index contributed by atoms with van der Waals surface area (Å²) in [5.41, 5.74) is 0. The lowest BCUT2D eigenvalue weighted by Gasteiger charge is -2.10. The summed E-state index contributed by atoms with van der Waals surface area (Å²) in [7, 11) is 1.38. The summed E-state index contributed by atoms with van der Waals surface area (Å²) in [5, 5.41) is 3.04. The molecule has 0 aliphatic carbocycles. The molecule has 0 aliphatic rings. The van der Waals surface area contributed by atoms with Crippen LogP contribution < -0.4 is 5.32 Å². The summed E-state index contributed by atoms with van der Waals surface area (Å²) >= 11 is 0. The number of carbonyl (C=O) groups is 1. The molecule has 1 heterocycles. The first-order valence-electron chi connectivity index (χ1n) is 4.55. The van der Waals surface area contributed by atoms with Crippen LogP contribution in [0.4, 0.5) is 0 Å². The molecule has 0 fully saturated rings. The SMILES string of the molecule is COC(=O)CNC(C)Cc1ccco1. The number of methoxy groups -OCH3 is 1. The molecule has 78 valence electrons. The van der Waals surface area contributed by atoms with Crippen molar-refractivity contribution in [3.63, 3.8) is 0 Å². The highest BCUT2D eigenvalue weighted by Gasteiger charge is 2.07. The highest BCUT2D eigenvalue weighted by Crippen LogP contribution is 2.03. The van der Waals surface area contributed by atoms with Gasteiger partial charge in [0, 0.05) is 12.5 Å². The smallest absolute Gasteiger partial charge is 0.319 e. The van der Waals surface area contributed by atoms with Crippen molar-refractivity contribution in [1.29, 1.82) is 0 Å². The molecule has 1 unspecified atom stereocenters. The van der Waals surface area contributed by atoms with Gasteiger partial charge in [0.15, 0.2) is 0 Å². The Morgan fingerprint density at radius 1 is 1.71 bits per heavy atom. The second-order valence-corrected chi connectivity index (χ2v) is 3.14. The average Bonchev–Trinajstić information content (AvgIpc) is 2.66. The van der Waals surface area contributed by atoms with E-state index in [9.17, 15) is 4.79 Å².